The Kier molecular flexibility index (Phi) is 7.24. The first-order valence-corrected chi connectivity index (χ1v) is 8.44. The first-order chi connectivity index (χ1) is 12.6. The number of ether oxygens (including phenoxy) is 1. The van der Waals surface area contributed by atoms with Crippen LogP contribution in [0.25, 0.3) is 0 Å². The number of hydrogen-bond acceptors (Lipinski definition) is 7. The highest BCUT2D eigenvalue weighted by atomic mass is 35.5. The molecule has 1 aliphatic rings. The maximum absolute atomic E-state index is 12.2. The van der Waals surface area contributed by atoms with E-state index in [2.05, 4.69) is 32.2 Å². The molecule has 1 aliphatic carbocycles. The molecule has 1 fully saturated rings. The van der Waals surface area contributed by atoms with Gasteiger partial charge in [0.2, 0.25) is 0 Å². The molecule has 26 heavy (non-hydrogen) atoms. The summed E-state index contributed by atoms with van der Waals surface area (Å²) in [4.78, 5) is 19.7. The van der Waals surface area contributed by atoms with Crippen LogP contribution >= 0.6 is 11.6 Å². The molecule has 0 spiro atoms. The minimum atomic E-state index is -0.324. The lowest BCUT2D eigenvalue weighted by atomic mass is 9.93. The fourth-order valence-electron chi connectivity index (χ4n) is 2.67. The molecule has 1 aromatic heterocycles. The molecule has 0 bridgehead atoms. The highest BCUT2D eigenvalue weighted by molar-refractivity contribution is 6.31. The second-order valence-electron chi connectivity index (χ2n) is 5.68. The number of carbonyl (C=O) groups is 1. The number of nitriles is 1. The van der Waals surface area contributed by atoms with Gasteiger partial charge < -0.3 is 10.1 Å². The Hall–Kier alpha value is -2.79. The van der Waals surface area contributed by atoms with E-state index < -0.39 is 0 Å². The summed E-state index contributed by atoms with van der Waals surface area (Å²) in [5, 5.41) is 19.4. The van der Waals surface area contributed by atoms with Crippen molar-refractivity contribution in [2.45, 2.75) is 37.8 Å². The number of azo groups is 1. The van der Waals surface area contributed by atoms with Crippen molar-refractivity contribution in [1.29, 1.82) is 5.26 Å². The summed E-state index contributed by atoms with van der Waals surface area (Å²) in [5.41, 5.74) is 0.298. The second-order valence-corrected chi connectivity index (χ2v) is 6.08. The Balaban J connectivity index is 1.86. The fourth-order valence-corrected chi connectivity index (χ4v) is 2.87. The largest absolute Gasteiger partial charge is 0.489 e. The normalized spacial score (nSPS) is 20.4. The van der Waals surface area contributed by atoms with Crippen LogP contribution in [0.15, 0.2) is 39.4 Å². The Morgan fingerprint density at radius 1 is 1.50 bits per heavy atom. The zero-order valence-corrected chi connectivity index (χ0v) is 15.1. The SMILES string of the molecule is C=N/C=C(\N=NC)C(=O)NC1CCC(Oc2cnc(C#N)c(Cl)c2)CC1. The smallest absolute Gasteiger partial charge is 0.273 e. The summed E-state index contributed by atoms with van der Waals surface area (Å²) in [7, 11) is 1.48. The van der Waals surface area contributed by atoms with Gasteiger partial charge in [0.05, 0.1) is 23.5 Å². The van der Waals surface area contributed by atoms with E-state index in [1.54, 1.807) is 6.07 Å². The minimum Gasteiger partial charge on any atom is -0.489 e. The van der Waals surface area contributed by atoms with Crippen LogP contribution in [0.2, 0.25) is 5.02 Å². The van der Waals surface area contributed by atoms with Crippen LogP contribution < -0.4 is 10.1 Å². The summed E-state index contributed by atoms with van der Waals surface area (Å²) < 4.78 is 5.88. The monoisotopic (exact) mass is 374 g/mol. The van der Waals surface area contributed by atoms with Gasteiger partial charge in [-0.05, 0) is 32.4 Å². The van der Waals surface area contributed by atoms with Crippen molar-refractivity contribution < 1.29 is 9.53 Å². The van der Waals surface area contributed by atoms with Crippen LogP contribution in [-0.2, 0) is 4.79 Å². The lowest BCUT2D eigenvalue weighted by Gasteiger charge is -2.29. The van der Waals surface area contributed by atoms with Crippen LogP contribution in [0.1, 0.15) is 31.4 Å². The zero-order chi connectivity index (χ0) is 18.9. The van der Waals surface area contributed by atoms with Crippen LogP contribution in [0.5, 0.6) is 5.75 Å². The van der Waals surface area contributed by atoms with Gasteiger partial charge in [0.25, 0.3) is 5.91 Å². The molecule has 0 atom stereocenters. The Morgan fingerprint density at radius 3 is 2.81 bits per heavy atom. The van der Waals surface area contributed by atoms with E-state index in [4.69, 9.17) is 21.6 Å². The van der Waals surface area contributed by atoms with Gasteiger partial charge in [-0.2, -0.15) is 10.4 Å². The molecule has 1 heterocycles. The van der Waals surface area contributed by atoms with Crippen LogP contribution in [-0.4, -0.2) is 36.8 Å². The molecule has 1 amide bonds. The highest BCUT2D eigenvalue weighted by Gasteiger charge is 2.25. The standard InChI is InChI=1S/C17H19ClN6O2/c1-20-10-16(24-21-2)17(25)23-11-3-5-12(6-4-11)26-13-7-14(18)15(8-19)22-9-13/h7,9-12H,1,3-6H2,2H3,(H,23,25)/b16-10-,24-21?. The van der Waals surface area contributed by atoms with Crippen molar-refractivity contribution in [1.82, 2.24) is 10.3 Å². The predicted octanol–water partition coefficient (Wildman–Crippen LogP) is 3.04. The molecule has 9 heteroatoms. The van der Waals surface area contributed by atoms with E-state index in [-0.39, 0.29) is 34.5 Å². The Bertz CT molecular complexity index is 763. The van der Waals surface area contributed by atoms with Gasteiger partial charge in [-0.3, -0.25) is 9.79 Å². The lowest BCUT2D eigenvalue weighted by molar-refractivity contribution is -0.118. The van der Waals surface area contributed by atoms with E-state index >= 15 is 0 Å². The molecule has 0 unspecified atom stereocenters. The molecule has 2 rings (SSSR count). The van der Waals surface area contributed by atoms with E-state index in [9.17, 15) is 4.79 Å². The van der Waals surface area contributed by atoms with Crippen molar-refractivity contribution in [2.75, 3.05) is 7.05 Å². The van der Waals surface area contributed by atoms with Gasteiger partial charge in [-0.15, -0.1) is 5.11 Å². The zero-order valence-electron chi connectivity index (χ0n) is 14.4. The fraction of sp³-hybridized carbons (Fsp3) is 0.412. The van der Waals surface area contributed by atoms with E-state index in [1.807, 2.05) is 6.07 Å². The van der Waals surface area contributed by atoms with Gasteiger partial charge in [-0.1, -0.05) is 11.6 Å². The minimum absolute atomic E-state index is 0.00846. The number of hydrogen-bond donors (Lipinski definition) is 1. The molecule has 0 radical (unpaired) electrons. The summed E-state index contributed by atoms with van der Waals surface area (Å²) in [6.07, 6.45) is 5.87. The maximum atomic E-state index is 12.2. The number of amides is 1. The third-order valence-corrected chi connectivity index (χ3v) is 4.18. The molecule has 8 nitrogen and oxygen atoms in total. The van der Waals surface area contributed by atoms with E-state index in [1.165, 1.54) is 19.4 Å². The number of aliphatic imine (C=N–C) groups is 1. The summed E-state index contributed by atoms with van der Waals surface area (Å²) in [5.74, 6) is 0.211. The first kappa shape index (κ1) is 19.5. The number of carbonyl (C=O) groups excluding carboxylic acids is 1. The molecule has 1 N–H and O–H groups in total. The third kappa shape index (κ3) is 5.36. The average Bonchev–Trinajstić information content (AvgIpc) is 2.63. The van der Waals surface area contributed by atoms with Crippen LogP contribution in [0.3, 0.4) is 0 Å². The number of nitrogens with zero attached hydrogens (tertiary/aromatic N) is 5. The lowest BCUT2D eigenvalue weighted by Crippen LogP contribution is -2.40. The van der Waals surface area contributed by atoms with Crippen molar-refractivity contribution >= 4 is 24.2 Å². The van der Waals surface area contributed by atoms with Gasteiger partial charge >= 0.3 is 0 Å². The van der Waals surface area contributed by atoms with Crippen LogP contribution in [0.4, 0.5) is 0 Å². The van der Waals surface area contributed by atoms with Crippen molar-refractivity contribution in [3.05, 3.63) is 34.9 Å². The third-order valence-electron chi connectivity index (χ3n) is 3.89. The van der Waals surface area contributed by atoms with Crippen molar-refractivity contribution in [3.8, 4) is 11.8 Å². The number of rotatable bonds is 6. The molecule has 1 saturated carbocycles. The van der Waals surface area contributed by atoms with E-state index in [0.29, 0.717) is 5.75 Å². The number of aromatic nitrogens is 1. The molecular formula is C17H19ClN6O2. The number of nitrogens with one attached hydrogen (secondary N) is 1. The van der Waals surface area contributed by atoms with E-state index in [0.717, 1.165) is 25.7 Å². The van der Waals surface area contributed by atoms with Crippen LogP contribution in [0, 0.1) is 11.3 Å². The molecule has 1 aromatic rings. The molecule has 0 aliphatic heterocycles. The van der Waals surface area contributed by atoms with Gasteiger partial charge in [0, 0.05) is 19.2 Å². The molecule has 136 valence electrons. The molecule has 0 aromatic carbocycles. The number of halogens is 1. The van der Waals surface area contributed by atoms with Crippen molar-refractivity contribution in [2.24, 2.45) is 15.2 Å². The van der Waals surface area contributed by atoms with Gasteiger partial charge in [0.1, 0.15) is 11.8 Å². The predicted molar refractivity (Wildman–Crippen MR) is 97.2 cm³/mol. The van der Waals surface area contributed by atoms with Crippen molar-refractivity contribution in [3.63, 3.8) is 0 Å². The Morgan fingerprint density at radius 2 is 2.23 bits per heavy atom. The highest BCUT2D eigenvalue weighted by Crippen LogP contribution is 2.26. The van der Waals surface area contributed by atoms with Gasteiger partial charge in [0.15, 0.2) is 11.4 Å². The Labute approximate surface area is 156 Å². The molecular weight excluding hydrogens is 356 g/mol. The van der Waals surface area contributed by atoms with Gasteiger partial charge in [-0.25, -0.2) is 4.98 Å². The summed E-state index contributed by atoms with van der Waals surface area (Å²) >= 11 is 5.96. The maximum Gasteiger partial charge on any atom is 0.273 e. The quantitative estimate of drug-likeness (QED) is 0.468. The molecule has 0 saturated heterocycles. The first-order valence-electron chi connectivity index (χ1n) is 8.06. The number of pyridine rings is 1. The topological polar surface area (TPSA) is 112 Å². The second kappa shape index (κ2) is 9.63. The summed E-state index contributed by atoms with van der Waals surface area (Å²) in [6, 6.07) is 3.53. The summed E-state index contributed by atoms with van der Waals surface area (Å²) in [6.45, 7) is 3.32. The average molecular weight is 375 g/mol.